The molecule has 1 atom stereocenters. The molecule has 0 saturated carbocycles. The molecule has 27 heavy (non-hydrogen) atoms. The summed E-state index contributed by atoms with van der Waals surface area (Å²) in [4.78, 5) is 23.4. The number of carbonyl (C=O) groups excluding carboxylic acids is 1. The Morgan fingerprint density at radius 1 is 1.19 bits per heavy atom. The van der Waals surface area contributed by atoms with Crippen LogP contribution >= 0.6 is 0 Å². The first kappa shape index (κ1) is 18.8. The monoisotopic (exact) mass is 389 g/mol. The molecule has 2 aromatic carbocycles. The molecule has 0 aromatic heterocycles. The van der Waals surface area contributed by atoms with Crippen molar-refractivity contribution in [1.29, 1.82) is 0 Å². The van der Waals surface area contributed by atoms with Gasteiger partial charge >= 0.3 is 0 Å². The first-order valence-electron chi connectivity index (χ1n) is 8.31. The minimum Gasteiger partial charge on any atom is -0.350 e. The van der Waals surface area contributed by atoms with Crippen LogP contribution in [0.4, 0.5) is 17.1 Å². The molecule has 3 rings (SSSR count). The lowest BCUT2D eigenvalue weighted by molar-refractivity contribution is -0.383. The molecule has 1 amide bonds. The molecule has 1 saturated heterocycles. The van der Waals surface area contributed by atoms with Crippen molar-refractivity contribution in [2.24, 2.45) is 0 Å². The molecule has 1 heterocycles. The fraction of sp³-hybridized carbons (Fsp3) is 0.278. The van der Waals surface area contributed by atoms with Gasteiger partial charge in [-0.25, -0.2) is 8.42 Å². The minimum atomic E-state index is -3.18. The number of rotatable bonds is 5. The fourth-order valence-electron chi connectivity index (χ4n) is 3.06. The van der Waals surface area contributed by atoms with Crippen LogP contribution in [-0.4, -0.2) is 36.3 Å². The van der Waals surface area contributed by atoms with Crippen molar-refractivity contribution in [2.75, 3.05) is 16.8 Å². The lowest BCUT2D eigenvalue weighted by Gasteiger charge is -2.23. The molecular formula is C18H19N3O5S. The summed E-state index contributed by atoms with van der Waals surface area (Å²) in [6.07, 6.45) is 0.316. The van der Waals surface area contributed by atoms with Crippen LogP contribution in [0.1, 0.15) is 23.7 Å². The third kappa shape index (κ3) is 4.43. The number of nitro groups is 1. The maximum Gasteiger partial charge on any atom is 0.293 e. The molecule has 0 spiro atoms. The molecule has 0 bridgehead atoms. The molecule has 9 heteroatoms. The molecular weight excluding hydrogens is 370 g/mol. The maximum absolute atomic E-state index is 12.5. The lowest BCUT2D eigenvalue weighted by Crippen LogP contribution is -2.46. The minimum absolute atomic E-state index is 0.0177. The van der Waals surface area contributed by atoms with Crippen molar-refractivity contribution < 1.29 is 18.1 Å². The van der Waals surface area contributed by atoms with Crippen LogP contribution in [0.25, 0.3) is 0 Å². The third-order valence-corrected chi connectivity index (χ3v) is 6.33. The van der Waals surface area contributed by atoms with Crippen molar-refractivity contribution in [2.45, 2.75) is 18.9 Å². The number of hydrogen-bond donors (Lipinski definition) is 2. The molecule has 1 aliphatic rings. The number of sulfone groups is 1. The number of anilines is 2. The Bertz CT molecular complexity index is 991. The van der Waals surface area contributed by atoms with E-state index in [0.29, 0.717) is 12.1 Å². The standard InChI is InChI=1S/C18H19N3O5S/c1-18(9-10-27(25,26)12-18)20-17(22)13-7-8-15(16(11-13)21(23)24)19-14-5-3-2-4-6-14/h2-8,11,19H,9-10,12H2,1H3,(H,20,22). The normalized spacial score (nSPS) is 20.8. The van der Waals surface area contributed by atoms with Gasteiger partial charge in [0.05, 0.1) is 22.0 Å². The Morgan fingerprint density at radius 3 is 2.48 bits per heavy atom. The van der Waals surface area contributed by atoms with Crippen molar-refractivity contribution >= 4 is 32.8 Å². The van der Waals surface area contributed by atoms with Gasteiger partial charge in [0, 0.05) is 17.3 Å². The van der Waals surface area contributed by atoms with Crippen LogP contribution in [0.5, 0.6) is 0 Å². The number of para-hydroxylation sites is 1. The largest absolute Gasteiger partial charge is 0.350 e. The van der Waals surface area contributed by atoms with Crippen molar-refractivity contribution in [3.63, 3.8) is 0 Å². The topological polar surface area (TPSA) is 118 Å². The van der Waals surface area contributed by atoms with E-state index in [9.17, 15) is 23.3 Å². The number of carbonyl (C=O) groups is 1. The van der Waals surface area contributed by atoms with Gasteiger partial charge in [0.25, 0.3) is 11.6 Å². The highest BCUT2D eigenvalue weighted by atomic mass is 32.2. The summed E-state index contributed by atoms with van der Waals surface area (Å²) in [5.74, 6) is -0.658. The highest BCUT2D eigenvalue weighted by molar-refractivity contribution is 7.91. The van der Waals surface area contributed by atoms with Crippen LogP contribution in [0, 0.1) is 10.1 Å². The zero-order chi connectivity index (χ0) is 19.7. The number of nitrogens with one attached hydrogen (secondary N) is 2. The summed E-state index contributed by atoms with van der Waals surface area (Å²) in [7, 11) is -3.18. The maximum atomic E-state index is 12.5. The van der Waals surface area contributed by atoms with Gasteiger partial charge < -0.3 is 10.6 Å². The zero-order valence-electron chi connectivity index (χ0n) is 14.6. The number of hydrogen-bond acceptors (Lipinski definition) is 6. The van der Waals surface area contributed by atoms with E-state index in [2.05, 4.69) is 10.6 Å². The highest BCUT2D eigenvalue weighted by Gasteiger charge is 2.39. The Labute approximate surface area is 156 Å². The Balaban J connectivity index is 1.83. The first-order chi connectivity index (χ1) is 12.7. The van der Waals surface area contributed by atoms with Gasteiger partial charge in [-0.2, -0.15) is 0 Å². The van der Waals surface area contributed by atoms with Crippen molar-refractivity contribution in [3.8, 4) is 0 Å². The van der Waals surface area contributed by atoms with Gasteiger partial charge in [-0.15, -0.1) is 0 Å². The highest BCUT2D eigenvalue weighted by Crippen LogP contribution is 2.29. The van der Waals surface area contributed by atoms with E-state index in [1.165, 1.54) is 18.2 Å². The van der Waals surface area contributed by atoms with Crippen LogP contribution in [-0.2, 0) is 9.84 Å². The van der Waals surface area contributed by atoms with E-state index in [0.717, 1.165) is 0 Å². The van der Waals surface area contributed by atoms with E-state index in [1.807, 2.05) is 6.07 Å². The second-order valence-corrected chi connectivity index (χ2v) is 9.02. The van der Waals surface area contributed by atoms with E-state index >= 15 is 0 Å². The zero-order valence-corrected chi connectivity index (χ0v) is 15.5. The van der Waals surface area contributed by atoms with Crippen LogP contribution < -0.4 is 10.6 Å². The van der Waals surface area contributed by atoms with Gasteiger partial charge in [-0.1, -0.05) is 18.2 Å². The molecule has 1 fully saturated rings. The van der Waals surface area contributed by atoms with Crippen LogP contribution in [0.2, 0.25) is 0 Å². The van der Waals surface area contributed by atoms with Crippen molar-refractivity contribution in [3.05, 3.63) is 64.2 Å². The average molecular weight is 389 g/mol. The van der Waals surface area contributed by atoms with Gasteiger partial charge in [-0.3, -0.25) is 14.9 Å². The van der Waals surface area contributed by atoms with Gasteiger partial charge in [0.1, 0.15) is 5.69 Å². The quantitative estimate of drug-likeness (QED) is 0.599. The second kappa shape index (κ2) is 6.99. The average Bonchev–Trinajstić information content (AvgIpc) is 2.88. The molecule has 0 aliphatic carbocycles. The SMILES string of the molecule is CC1(NC(=O)c2ccc(Nc3ccccc3)c([N+](=O)[O-])c2)CCS(=O)(=O)C1. The van der Waals surface area contributed by atoms with E-state index in [1.54, 1.807) is 31.2 Å². The summed E-state index contributed by atoms with van der Waals surface area (Å²) < 4.78 is 23.4. The molecule has 2 aromatic rings. The predicted molar refractivity (Wildman–Crippen MR) is 102 cm³/mol. The summed E-state index contributed by atoms with van der Waals surface area (Å²) in [6, 6.07) is 13.1. The molecule has 1 unspecified atom stereocenters. The number of benzene rings is 2. The summed E-state index contributed by atoms with van der Waals surface area (Å²) in [5, 5.41) is 17.1. The Hall–Kier alpha value is -2.94. The van der Waals surface area contributed by atoms with Crippen LogP contribution in [0.15, 0.2) is 48.5 Å². The molecule has 0 radical (unpaired) electrons. The molecule has 8 nitrogen and oxygen atoms in total. The van der Waals surface area contributed by atoms with Crippen molar-refractivity contribution in [1.82, 2.24) is 5.32 Å². The fourth-order valence-corrected chi connectivity index (χ4v) is 5.16. The number of amides is 1. The van der Waals surface area contributed by atoms with E-state index < -0.39 is 26.2 Å². The predicted octanol–water partition coefficient (Wildman–Crippen LogP) is 2.65. The lowest BCUT2D eigenvalue weighted by atomic mass is 10.0. The second-order valence-electron chi connectivity index (χ2n) is 6.84. The number of nitrogens with zero attached hydrogens (tertiary/aromatic N) is 1. The third-order valence-electron chi connectivity index (χ3n) is 4.43. The van der Waals surface area contributed by atoms with Gasteiger partial charge in [0.2, 0.25) is 0 Å². The van der Waals surface area contributed by atoms with Crippen LogP contribution in [0.3, 0.4) is 0 Å². The smallest absolute Gasteiger partial charge is 0.293 e. The van der Waals surface area contributed by atoms with Gasteiger partial charge in [-0.05, 0) is 37.6 Å². The first-order valence-corrected chi connectivity index (χ1v) is 10.1. The molecule has 2 N–H and O–H groups in total. The Kier molecular flexibility index (Phi) is 4.88. The molecule has 142 valence electrons. The van der Waals surface area contributed by atoms with Gasteiger partial charge in [0.15, 0.2) is 9.84 Å². The summed E-state index contributed by atoms with van der Waals surface area (Å²) in [5.41, 5.74) is -0.0634. The Morgan fingerprint density at radius 2 is 1.89 bits per heavy atom. The molecule has 1 aliphatic heterocycles. The van der Waals surface area contributed by atoms with E-state index in [4.69, 9.17) is 0 Å². The summed E-state index contributed by atoms with van der Waals surface area (Å²) >= 11 is 0. The summed E-state index contributed by atoms with van der Waals surface area (Å²) in [6.45, 7) is 1.66. The number of nitro benzene ring substituents is 1. The van der Waals surface area contributed by atoms with E-state index in [-0.39, 0.29) is 28.4 Å².